The van der Waals surface area contributed by atoms with E-state index in [1.54, 1.807) is 6.33 Å². The molecule has 4 aromatic rings. The van der Waals surface area contributed by atoms with Crippen LogP contribution >= 0.6 is 0 Å². The van der Waals surface area contributed by atoms with Gasteiger partial charge in [0.15, 0.2) is 17.3 Å². The molecule has 114 valence electrons. The Balaban J connectivity index is 2.00. The molecule has 5 heteroatoms. The van der Waals surface area contributed by atoms with Crippen molar-refractivity contribution < 1.29 is 4.42 Å². The minimum absolute atomic E-state index is 0.644. The van der Waals surface area contributed by atoms with Gasteiger partial charge >= 0.3 is 0 Å². The Morgan fingerprint density at radius 2 is 1.70 bits per heavy atom. The molecule has 2 aromatic carbocycles. The summed E-state index contributed by atoms with van der Waals surface area (Å²) in [6.07, 6.45) is 1.58. The van der Waals surface area contributed by atoms with Gasteiger partial charge in [-0.2, -0.15) is 5.10 Å². The molecule has 0 amide bonds. The first-order valence-electron chi connectivity index (χ1n) is 7.48. The van der Waals surface area contributed by atoms with E-state index in [4.69, 9.17) is 4.42 Å². The molecule has 0 bridgehead atoms. The van der Waals surface area contributed by atoms with Crippen molar-refractivity contribution in [2.45, 2.75) is 20.8 Å². The first-order chi connectivity index (χ1) is 11.1. The summed E-state index contributed by atoms with van der Waals surface area (Å²) in [6, 6.07) is 12.1. The van der Waals surface area contributed by atoms with Gasteiger partial charge in [0.1, 0.15) is 11.8 Å². The van der Waals surface area contributed by atoms with E-state index in [0.29, 0.717) is 5.89 Å². The van der Waals surface area contributed by atoms with Crippen molar-refractivity contribution in [3.05, 3.63) is 59.7 Å². The summed E-state index contributed by atoms with van der Waals surface area (Å²) in [5.74, 6) is 1.41. The number of fused-ring (bicyclic) bond motifs is 1. The molecule has 0 atom stereocenters. The van der Waals surface area contributed by atoms with Gasteiger partial charge in [0, 0.05) is 12.5 Å². The van der Waals surface area contributed by atoms with Crippen LogP contribution in [0.25, 0.3) is 28.2 Å². The molecule has 2 aromatic heterocycles. The lowest BCUT2D eigenvalue weighted by Crippen LogP contribution is -2.04. The van der Waals surface area contributed by atoms with E-state index in [-0.39, 0.29) is 0 Å². The second kappa shape index (κ2) is 5.05. The zero-order valence-corrected chi connectivity index (χ0v) is 13.2. The van der Waals surface area contributed by atoms with Gasteiger partial charge in [-0.1, -0.05) is 24.3 Å². The van der Waals surface area contributed by atoms with Crippen molar-refractivity contribution in [2.24, 2.45) is 0 Å². The lowest BCUT2D eigenvalue weighted by Gasteiger charge is -2.12. The van der Waals surface area contributed by atoms with Gasteiger partial charge in [-0.3, -0.25) is 0 Å². The molecule has 0 aliphatic heterocycles. The number of para-hydroxylation sites is 2. The number of benzene rings is 2. The maximum Gasteiger partial charge on any atom is 0.192 e. The topological polar surface area (TPSA) is 56.7 Å². The summed E-state index contributed by atoms with van der Waals surface area (Å²) < 4.78 is 7.51. The first-order valence-corrected chi connectivity index (χ1v) is 7.48. The predicted octanol–water partition coefficient (Wildman–Crippen LogP) is 4.00. The van der Waals surface area contributed by atoms with Crippen molar-refractivity contribution in [1.82, 2.24) is 19.7 Å². The molecule has 23 heavy (non-hydrogen) atoms. The summed E-state index contributed by atoms with van der Waals surface area (Å²) in [5, 5.41) is 4.45. The van der Waals surface area contributed by atoms with Crippen LogP contribution in [0.5, 0.6) is 0 Å². The van der Waals surface area contributed by atoms with Crippen LogP contribution in [0.2, 0.25) is 0 Å². The molecule has 0 unspecified atom stereocenters. The van der Waals surface area contributed by atoms with Crippen molar-refractivity contribution in [2.75, 3.05) is 0 Å². The number of aryl methyl sites for hydroxylation is 3. The highest BCUT2D eigenvalue weighted by molar-refractivity contribution is 5.89. The van der Waals surface area contributed by atoms with Crippen LogP contribution in [-0.4, -0.2) is 19.7 Å². The Morgan fingerprint density at radius 1 is 0.957 bits per heavy atom. The molecule has 0 aliphatic rings. The van der Waals surface area contributed by atoms with Gasteiger partial charge in [-0.15, -0.1) is 0 Å². The largest absolute Gasteiger partial charge is 0.441 e. The zero-order valence-electron chi connectivity index (χ0n) is 13.2. The molecule has 2 heterocycles. The van der Waals surface area contributed by atoms with Crippen LogP contribution in [0.4, 0.5) is 0 Å². The van der Waals surface area contributed by atoms with Crippen LogP contribution in [0.15, 0.2) is 47.1 Å². The minimum atomic E-state index is 0.644. The Kier molecular flexibility index (Phi) is 3.01. The summed E-state index contributed by atoms with van der Waals surface area (Å²) in [4.78, 5) is 8.98. The van der Waals surface area contributed by atoms with Crippen LogP contribution in [0, 0.1) is 20.8 Å². The Labute approximate surface area is 133 Å². The second-order valence-electron chi connectivity index (χ2n) is 5.62. The lowest BCUT2D eigenvalue weighted by molar-refractivity contribution is 0.561. The maximum atomic E-state index is 5.63. The molecular weight excluding hydrogens is 288 g/mol. The third kappa shape index (κ3) is 2.12. The van der Waals surface area contributed by atoms with E-state index < -0.39 is 0 Å². The summed E-state index contributed by atoms with van der Waals surface area (Å²) in [6.45, 7) is 6.00. The standard InChI is InChI=1S/C18H16N4O/c1-11-6-4-7-12(2)17(11)22-18(19-10-20-22)14-8-5-9-15-16(14)21-13(3)23-15/h4-10H,1-3H3. The van der Waals surface area contributed by atoms with Crippen molar-refractivity contribution in [3.63, 3.8) is 0 Å². The number of hydrogen-bond donors (Lipinski definition) is 0. The molecule has 4 rings (SSSR count). The minimum Gasteiger partial charge on any atom is -0.441 e. The van der Waals surface area contributed by atoms with E-state index in [9.17, 15) is 0 Å². The highest BCUT2D eigenvalue weighted by atomic mass is 16.3. The van der Waals surface area contributed by atoms with Gasteiger partial charge < -0.3 is 4.42 Å². The SMILES string of the molecule is Cc1nc2c(-c3ncnn3-c3c(C)cccc3C)cccc2o1. The third-order valence-electron chi connectivity index (χ3n) is 3.97. The molecule has 0 fully saturated rings. The van der Waals surface area contributed by atoms with E-state index >= 15 is 0 Å². The van der Waals surface area contributed by atoms with Crippen LogP contribution in [0.3, 0.4) is 0 Å². The quantitative estimate of drug-likeness (QED) is 0.561. The molecule has 0 aliphatic carbocycles. The Morgan fingerprint density at radius 3 is 2.48 bits per heavy atom. The lowest BCUT2D eigenvalue weighted by atomic mass is 10.1. The van der Waals surface area contributed by atoms with Crippen LogP contribution in [-0.2, 0) is 0 Å². The van der Waals surface area contributed by atoms with Gasteiger partial charge in [-0.25, -0.2) is 14.6 Å². The van der Waals surface area contributed by atoms with E-state index in [1.807, 2.05) is 35.9 Å². The van der Waals surface area contributed by atoms with E-state index in [2.05, 4.69) is 41.0 Å². The molecule has 5 nitrogen and oxygen atoms in total. The molecule has 0 radical (unpaired) electrons. The summed E-state index contributed by atoms with van der Waals surface area (Å²) in [7, 11) is 0. The van der Waals surface area contributed by atoms with E-state index in [1.165, 1.54) is 0 Å². The Bertz CT molecular complexity index is 993. The smallest absolute Gasteiger partial charge is 0.192 e. The van der Waals surface area contributed by atoms with Crippen LogP contribution in [0.1, 0.15) is 17.0 Å². The third-order valence-corrected chi connectivity index (χ3v) is 3.97. The Hall–Kier alpha value is -2.95. The van der Waals surface area contributed by atoms with Crippen molar-refractivity contribution >= 4 is 11.1 Å². The fraction of sp³-hybridized carbons (Fsp3) is 0.167. The monoisotopic (exact) mass is 304 g/mol. The highest BCUT2D eigenvalue weighted by Gasteiger charge is 2.17. The van der Waals surface area contributed by atoms with Crippen molar-refractivity contribution in [1.29, 1.82) is 0 Å². The number of aromatic nitrogens is 4. The number of rotatable bonds is 2. The van der Waals surface area contributed by atoms with Gasteiger partial charge in [0.05, 0.1) is 5.69 Å². The van der Waals surface area contributed by atoms with Crippen LogP contribution < -0.4 is 0 Å². The molecule has 0 N–H and O–H groups in total. The second-order valence-corrected chi connectivity index (χ2v) is 5.62. The summed E-state index contributed by atoms with van der Waals surface area (Å²) >= 11 is 0. The highest BCUT2D eigenvalue weighted by Crippen LogP contribution is 2.30. The fourth-order valence-corrected chi connectivity index (χ4v) is 2.97. The molecule has 0 saturated carbocycles. The average Bonchev–Trinajstić information content (AvgIpc) is 3.12. The normalized spacial score (nSPS) is 11.3. The van der Waals surface area contributed by atoms with Gasteiger partial charge in [0.2, 0.25) is 0 Å². The summed E-state index contributed by atoms with van der Waals surface area (Å²) in [5.41, 5.74) is 5.85. The number of nitrogens with zero attached hydrogens (tertiary/aromatic N) is 4. The van der Waals surface area contributed by atoms with Gasteiger partial charge in [0.25, 0.3) is 0 Å². The fourth-order valence-electron chi connectivity index (χ4n) is 2.97. The first kappa shape index (κ1) is 13.7. The number of hydrogen-bond acceptors (Lipinski definition) is 4. The molecular formula is C18H16N4O. The van der Waals surface area contributed by atoms with E-state index in [0.717, 1.165) is 39.3 Å². The average molecular weight is 304 g/mol. The molecule has 0 spiro atoms. The molecule has 0 saturated heterocycles. The van der Waals surface area contributed by atoms with Gasteiger partial charge in [-0.05, 0) is 37.1 Å². The maximum absolute atomic E-state index is 5.63. The zero-order chi connectivity index (χ0) is 16.0. The number of oxazole rings is 1. The van der Waals surface area contributed by atoms with Crippen molar-refractivity contribution in [3.8, 4) is 17.1 Å². The predicted molar refractivity (Wildman–Crippen MR) is 88.6 cm³/mol.